The minimum Gasteiger partial charge on any atom is -0.496 e. The highest BCUT2D eigenvalue weighted by Gasteiger charge is 2.24. The van der Waals surface area contributed by atoms with Gasteiger partial charge in [-0.15, -0.1) is 0 Å². The van der Waals surface area contributed by atoms with Gasteiger partial charge in [0.2, 0.25) is 0 Å². The smallest absolute Gasteiger partial charge is 0.338 e. The second-order valence-electron chi connectivity index (χ2n) is 4.99. The summed E-state index contributed by atoms with van der Waals surface area (Å²) < 4.78 is 26.6. The molecular formula is C18H20O7. The third-order valence-electron chi connectivity index (χ3n) is 3.52. The van der Waals surface area contributed by atoms with Gasteiger partial charge in [-0.2, -0.15) is 0 Å². The Labute approximate surface area is 145 Å². The van der Waals surface area contributed by atoms with E-state index in [1.165, 1.54) is 40.4 Å². The van der Waals surface area contributed by atoms with Crippen LogP contribution in [-0.4, -0.2) is 39.9 Å². The van der Waals surface area contributed by atoms with Gasteiger partial charge in [0.15, 0.2) is 11.5 Å². The lowest BCUT2D eigenvalue weighted by Crippen LogP contribution is -2.09. The Morgan fingerprint density at radius 3 is 2.12 bits per heavy atom. The summed E-state index contributed by atoms with van der Waals surface area (Å²) in [6.45, 7) is 3.23. The maximum atomic E-state index is 12.4. The maximum absolute atomic E-state index is 12.4. The molecule has 25 heavy (non-hydrogen) atoms. The van der Waals surface area contributed by atoms with Gasteiger partial charge in [0.25, 0.3) is 0 Å². The molecule has 0 saturated carbocycles. The number of ether oxygens (including phenoxy) is 5. The molecule has 0 N–H and O–H groups in total. The molecule has 134 valence electrons. The lowest BCUT2D eigenvalue weighted by molar-refractivity contribution is -0.131. The monoisotopic (exact) mass is 348 g/mol. The van der Waals surface area contributed by atoms with Crippen molar-refractivity contribution in [2.24, 2.45) is 0 Å². The van der Waals surface area contributed by atoms with Crippen LogP contribution >= 0.6 is 0 Å². The first-order valence-electron chi connectivity index (χ1n) is 7.59. The van der Waals surface area contributed by atoms with E-state index in [2.05, 4.69) is 0 Å². The van der Waals surface area contributed by atoms with Crippen LogP contribution in [-0.2, 0) is 9.53 Å². The van der Waals surface area contributed by atoms with Gasteiger partial charge in [0.05, 0.1) is 38.9 Å². The molecule has 0 bridgehead atoms. The van der Waals surface area contributed by atoms with E-state index in [1.807, 2.05) is 0 Å². The number of carbonyl (C=O) groups excluding carboxylic acids is 2. The van der Waals surface area contributed by atoms with Gasteiger partial charge >= 0.3 is 11.9 Å². The Bertz CT molecular complexity index is 811. The zero-order chi connectivity index (χ0) is 18.6. The molecule has 0 amide bonds. The van der Waals surface area contributed by atoms with E-state index in [4.69, 9.17) is 23.7 Å². The molecule has 0 atom stereocenters. The van der Waals surface area contributed by atoms with Gasteiger partial charge in [-0.25, -0.2) is 4.79 Å². The first kappa shape index (κ1) is 18.4. The topological polar surface area (TPSA) is 80.3 Å². The summed E-state index contributed by atoms with van der Waals surface area (Å²) in [6.07, 6.45) is 0. The van der Waals surface area contributed by atoms with Crippen LogP contribution in [0.4, 0.5) is 0 Å². The number of fused-ring (bicyclic) bond motifs is 1. The summed E-state index contributed by atoms with van der Waals surface area (Å²) in [7, 11) is 4.40. The molecule has 0 unspecified atom stereocenters. The quantitative estimate of drug-likeness (QED) is 0.586. The first-order chi connectivity index (χ1) is 12.0. The van der Waals surface area contributed by atoms with Crippen LogP contribution in [0.15, 0.2) is 18.2 Å². The summed E-state index contributed by atoms with van der Waals surface area (Å²) in [5.41, 5.74) is 0.269. The number of benzene rings is 2. The number of carbonyl (C=O) groups is 2. The SMILES string of the molecule is CCOC(=O)c1ccc(OC(C)=O)c2c(OC)c(OC)cc(OC)c12. The van der Waals surface area contributed by atoms with Crippen LogP contribution in [0.25, 0.3) is 10.8 Å². The molecule has 2 rings (SSSR count). The molecule has 0 aliphatic heterocycles. The van der Waals surface area contributed by atoms with Crippen LogP contribution in [0.5, 0.6) is 23.0 Å². The van der Waals surface area contributed by atoms with Crippen LogP contribution in [0.3, 0.4) is 0 Å². The fourth-order valence-electron chi connectivity index (χ4n) is 2.58. The first-order valence-corrected chi connectivity index (χ1v) is 7.59. The fourth-order valence-corrected chi connectivity index (χ4v) is 2.58. The molecule has 0 saturated heterocycles. The molecule has 0 aliphatic carbocycles. The average molecular weight is 348 g/mol. The largest absolute Gasteiger partial charge is 0.496 e. The van der Waals surface area contributed by atoms with Gasteiger partial charge in [-0.05, 0) is 19.1 Å². The maximum Gasteiger partial charge on any atom is 0.338 e. The Morgan fingerprint density at radius 2 is 1.60 bits per heavy atom. The molecule has 7 nitrogen and oxygen atoms in total. The highest BCUT2D eigenvalue weighted by atomic mass is 16.5. The predicted molar refractivity (Wildman–Crippen MR) is 90.9 cm³/mol. The van der Waals surface area contributed by atoms with Crippen LogP contribution < -0.4 is 18.9 Å². The van der Waals surface area contributed by atoms with Crippen molar-refractivity contribution >= 4 is 22.7 Å². The summed E-state index contributed by atoms with van der Waals surface area (Å²) in [4.78, 5) is 23.8. The van der Waals surface area contributed by atoms with E-state index < -0.39 is 11.9 Å². The van der Waals surface area contributed by atoms with Crippen molar-refractivity contribution in [3.8, 4) is 23.0 Å². The Balaban J connectivity index is 2.95. The highest BCUT2D eigenvalue weighted by Crippen LogP contribution is 2.47. The normalized spacial score (nSPS) is 10.3. The predicted octanol–water partition coefficient (Wildman–Crippen LogP) is 2.97. The van der Waals surface area contributed by atoms with Crippen molar-refractivity contribution in [3.05, 3.63) is 23.8 Å². The van der Waals surface area contributed by atoms with Gasteiger partial charge in [0, 0.05) is 18.4 Å². The van der Waals surface area contributed by atoms with E-state index in [9.17, 15) is 9.59 Å². The van der Waals surface area contributed by atoms with Crippen molar-refractivity contribution in [2.45, 2.75) is 13.8 Å². The highest BCUT2D eigenvalue weighted by molar-refractivity contribution is 6.12. The number of hydrogen-bond acceptors (Lipinski definition) is 7. The standard InChI is InChI=1S/C18H20O7/c1-6-24-18(20)11-7-8-12(25-10(2)19)16-15(11)13(21-3)9-14(22-4)17(16)23-5/h7-9H,6H2,1-5H3. The average Bonchev–Trinajstić information content (AvgIpc) is 2.60. The number of hydrogen-bond donors (Lipinski definition) is 0. The minimum atomic E-state index is -0.521. The molecule has 0 aliphatic rings. The van der Waals surface area contributed by atoms with E-state index in [0.717, 1.165) is 0 Å². The van der Waals surface area contributed by atoms with E-state index >= 15 is 0 Å². The van der Waals surface area contributed by atoms with Crippen molar-refractivity contribution in [1.82, 2.24) is 0 Å². The van der Waals surface area contributed by atoms with E-state index in [0.29, 0.717) is 28.0 Å². The van der Waals surface area contributed by atoms with Gasteiger partial charge in [-0.3, -0.25) is 4.79 Å². The molecule has 0 aromatic heterocycles. The molecule has 2 aromatic rings. The van der Waals surface area contributed by atoms with Crippen molar-refractivity contribution in [3.63, 3.8) is 0 Å². The van der Waals surface area contributed by atoms with Crippen molar-refractivity contribution in [2.75, 3.05) is 27.9 Å². The van der Waals surface area contributed by atoms with Crippen molar-refractivity contribution in [1.29, 1.82) is 0 Å². The minimum absolute atomic E-state index is 0.224. The van der Waals surface area contributed by atoms with Gasteiger partial charge in [0.1, 0.15) is 11.5 Å². The van der Waals surface area contributed by atoms with E-state index in [-0.39, 0.29) is 17.9 Å². The number of esters is 2. The summed E-state index contributed by atoms with van der Waals surface area (Å²) in [5, 5.41) is 0.803. The molecular weight excluding hydrogens is 328 g/mol. The molecule has 0 heterocycles. The summed E-state index contributed by atoms with van der Waals surface area (Å²) in [6, 6.07) is 4.63. The van der Waals surface area contributed by atoms with E-state index in [1.54, 1.807) is 13.0 Å². The zero-order valence-electron chi connectivity index (χ0n) is 14.8. The molecule has 0 fully saturated rings. The Morgan fingerprint density at radius 1 is 0.920 bits per heavy atom. The molecule has 0 spiro atoms. The third kappa shape index (κ3) is 3.45. The van der Waals surface area contributed by atoms with Crippen LogP contribution in [0.1, 0.15) is 24.2 Å². The number of methoxy groups -OCH3 is 3. The summed E-state index contributed by atoms with van der Waals surface area (Å²) >= 11 is 0. The second kappa shape index (κ2) is 7.74. The van der Waals surface area contributed by atoms with Crippen molar-refractivity contribution < 1.29 is 33.3 Å². The third-order valence-corrected chi connectivity index (χ3v) is 3.52. The van der Waals surface area contributed by atoms with Gasteiger partial charge in [-0.1, -0.05) is 0 Å². The Hall–Kier alpha value is -2.96. The molecule has 7 heteroatoms. The van der Waals surface area contributed by atoms with Crippen LogP contribution in [0.2, 0.25) is 0 Å². The second-order valence-corrected chi connectivity index (χ2v) is 4.99. The zero-order valence-corrected chi connectivity index (χ0v) is 14.8. The molecule has 0 radical (unpaired) electrons. The lowest BCUT2D eigenvalue weighted by atomic mass is 10.0. The van der Waals surface area contributed by atoms with Gasteiger partial charge < -0.3 is 23.7 Å². The fraction of sp³-hybridized carbons (Fsp3) is 0.333. The number of rotatable bonds is 6. The molecule has 2 aromatic carbocycles. The summed E-state index contributed by atoms with van der Waals surface area (Å²) in [5.74, 6) is 0.262. The Kier molecular flexibility index (Phi) is 5.69. The van der Waals surface area contributed by atoms with Crippen LogP contribution in [0, 0.1) is 0 Å². The lowest BCUT2D eigenvalue weighted by Gasteiger charge is -2.18.